The van der Waals surface area contributed by atoms with Gasteiger partial charge in [0.1, 0.15) is 5.75 Å². The van der Waals surface area contributed by atoms with E-state index in [4.69, 9.17) is 15.6 Å². The highest BCUT2D eigenvalue weighted by atomic mass is 16.5. The fourth-order valence-electron chi connectivity index (χ4n) is 1.89. The monoisotopic (exact) mass is 237 g/mol. The van der Waals surface area contributed by atoms with Crippen LogP contribution in [0.25, 0.3) is 0 Å². The summed E-state index contributed by atoms with van der Waals surface area (Å²) in [7, 11) is 1.69. The van der Waals surface area contributed by atoms with Crippen LogP contribution in [0.1, 0.15) is 24.5 Å². The van der Waals surface area contributed by atoms with Gasteiger partial charge in [-0.3, -0.25) is 0 Å². The van der Waals surface area contributed by atoms with Crippen LogP contribution in [-0.2, 0) is 12.8 Å². The van der Waals surface area contributed by atoms with Gasteiger partial charge in [-0.2, -0.15) is 0 Å². The molecule has 0 aliphatic carbocycles. The van der Waals surface area contributed by atoms with Gasteiger partial charge in [0.15, 0.2) is 0 Å². The topological polar surface area (TPSA) is 55.5 Å². The summed E-state index contributed by atoms with van der Waals surface area (Å²) in [6.45, 7) is 2.83. The van der Waals surface area contributed by atoms with Crippen LogP contribution >= 0.6 is 0 Å². The van der Waals surface area contributed by atoms with Crippen molar-refractivity contribution in [3.8, 4) is 5.75 Å². The Morgan fingerprint density at radius 1 is 1.41 bits per heavy atom. The normalized spacial score (nSPS) is 12.5. The number of hydrogen-bond acceptors (Lipinski definition) is 3. The average molecular weight is 237 g/mol. The molecule has 1 rings (SSSR count). The Balaban J connectivity index is 2.73. The maximum atomic E-state index is 9.12. The molecule has 3 nitrogen and oxygen atoms in total. The van der Waals surface area contributed by atoms with E-state index in [0.717, 1.165) is 25.0 Å². The zero-order chi connectivity index (χ0) is 12.7. The number of hydrogen-bond donors (Lipinski definition) is 2. The van der Waals surface area contributed by atoms with Crippen LogP contribution in [0.2, 0.25) is 0 Å². The lowest BCUT2D eigenvalue weighted by molar-refractivity contribution is 0.223. The van der Waals surface area contributed by atoms with E-state index in [9.17, 15) is 0 Å². The van der Waals surface area contributed by atoms with Crippen LogP contribution < -0.4 is 10.5 Å². The predicted octanol–water partition coefficient (Wildman–Crippen LogP) is 1.76. The van der Waals surface area contributed by atoms with Gasteiger partial charge in [-0.1, -0.05) is 19.1 Å². The lowest BCUT2D eigenvalue weighted by atomic mass is 9.98. The minimum Gasteiger partial charge on any atom is -0.496 e. The Morgan fingerprint density at radius 3 is 2.71 bits per heavy atom. The third-order valence-corrected chi connectivity index (χ3v) is 3.17. The number of aryl methyl sites for hydroxylation is 2. The summed E-state index contributed by atoms with van der Waals surface area (Å²) >= 11 is 0. The molecule has 1 aromatic carbocycles. The minimum atomic E-state index is 0.159. The van der Waals surface area contributed by atoms with Crippen LogP contribution in [0.5, 0.6) is 5.75 Å². The number of rotatable bonds is 7. The summed E-state index contributed by atoms with van der Waals surface area (Å²) in [5, 5.41) is 9.12. The largest absolute Gasteiger partial charge is 0.496 e. The van der Waals surface area contributed by atoms with E-state index in [1.165, 1.54) is 11.1 Å². The van der Waals surface area contributed by atoms with Crippen LogP contribution in [0.3, 0.4) is 0 Å². The van der Waals surface area contributed by atoms with E-state index in [-0.39, 0.29) is 12.5 Å². The Labute approximate surface area is 104 Å². The highest BCUT2D eigenvalue weighted by molar-refractivity contribution is 5.37. The molecule has 0 spiro atoms. The molecular formula is C14H23NO2. The SMILES string of the molecule is CCc1ccc(OC)c(CCC(CN)CO)c1. The van der Waals surface area contributed by atoms with Crippen molar-refractivity contribution >= 4 is 0 Å². The summed E-state index contributed by atoms with van der Waals surface area (Å²) in [4.78, 5) is 0. The molecule has 0 bridgehead atoms. The number of aliphatic hydroxyl groups excluding tert-OH is 1. The van der Waals surface area contributed by atoms with Crippen molar-refractivity contribution in [2.75, 3.05) is 20.3 Å². The second kappa shape index (κ2) is 7.30. The van der Waals surface area contributed by atoms with Gasteiger partial charge >= 0.3 is 0 Å². The smallest absolute Gasteiger partial charge is 0.122 e. The lowest BCUT2D eigenvalue weighted by Crippen LogP contribution is -2.18. The molecule has 0 saturated carbocycles. The van der Waals surface area contributed by atoms with Crippen LogP contribution in [0.15, 0.2) is 18.2 Å². The fraction of sp³-hybridized carbons (Fsp3) is 0.571. The Bertz CT molecular complexity index is 335. The molecule has 0 aliphatic heterocycles. The average Bonchev–Trinajstić information content (AvgIpc) is 2.39. The zero-order valence-electron chi connectivity index (χ0n) is 10.8. The van der Waals surface area contributed by atoms with Gasteiger partial charge in [0.25, 0.3) is 0 Å². The van der Waals surface area contributed by atoms with Gasteiger partial charge in [-0.15, -0.1) is 0 Å². The molecule has 0 fully saturated rings. The summed E-state index contributed by atoms with van der Waals surface area (Å²) in [5.74, 6) is 1.11. The lowest BCUT2D eigenvalue weighted by Gasteiger charge is -2.14. The van der Waals surface area contributed by atoms with Gasteiger partial charge in [0.2, 0.25) is 0 Å². The standard InChI is InChI=1S/C14H23NO2/c1-3-11-5-7-14(17-2)13(8-11)6-4-12(9-15)10-16/h5,7-8,12,16H,3-4,6,9-10,15H2,1-2H3. The first-order valence-electron chi connectivity index (χ1n) is 6.21. The van der Waals surface area contributed by atoms with Gasteiger partial charge in [-0.25, -0.2) is 0 Å². The first-order valence-corrected chi connectivity index (χ1v) is 6.21. The van der Waals surface area contributed by atoms with E-state index in [1.54, 1.807) is 7.11 Å². The van der Waals surface area contributed by atoms with Crippen molar-refractivity contribution < 1.29 is 9.84 Å². The third-order valence-electron chi connectivity index (χ3n) is 3.17. The van der Waals surface area contributed by atoms with Crippen molar-refractivity contribution in [1.82, 2.24) is 0 Å². The van der Waals surface area contributed by atoms with Gasteiger partial charge in [-0.05, 0) is 48.9 Å². The number of benzene rings is 1. The molecule has 0 aromatic heterocycles. The Hall–Kier alpha value is -1.06. The molecule has 3 heteroatoms. The van der Waals surface area contributed by atoms with Crippen molar-refractivity contribution in [2.45, 2.75) is 26.2 Å². The van der Waals surface area contributed by atoms with Crippen LogP contribution in [0.4, 0.5) is 0 Å². The first-order chi connectivity index (χ1) is 8.24. The number of aliphatic hydroxyl groups is 1. The highest BCUT2D eigenvalue weighted by Crippen LogP contribution is 2.23. The molecule has 0 heterocycles. The van der Waals surface area contributed by atoms with Gasteiger partial charge in [0.05, 0.1) is 7.11 Å². The minimum absolute atomic E-state index is 0.159. The maximum Gasteiger partial charge on any atom is 0.122 e. The number of ether oxygens (including phenoxy) is 1. The number of methoxy groups -OCH3 is 1. The fourth-order valence-corrected chi connectivity index (χ4v) is 1.89. The summed E-state index contributed by atoms with van der Waals surface area (Å²) in [5.41, 5.74) is 8.10. The third kappa shape index (κ3) is 4.02. The van der Waals surface area contributed by atoms with Gasteiger partial charge < -0.3 is 15.6 Å². The van der Waals surface area contributed by atoms with E-state index in [0.29, 0.717) is 6.54 Å². The predicted molar refractivity (Wildman–Crippen MR) is 70.3 cm³/mol. The molecule has 17 heavy (non-hydrogen) atoms. The van der Waals surface area contributed by atoms with E-state index in [1.807, 2.05) is 6.07 Å². The first kappa shape index (κ1) is 14.0. The Morgan fingerprint density at radius 2 is 2.18 bits per heavy atom. The quantitative estimate of drug-likeness (QED) is 0.759. The second-order valence-electron chi connectivity index (χ2n) is 4.32. The molecule has 1 aromatic rings. The number of nitrogens with two attached hydrogens (primary N) is 1. The van der Waals surface area contributed by atoms with E-state index >= 15 is 0 Å². The van der Waals surface area contributed by atoms with Crippen molar-refractivity contribution in [3.63, 3.8) is 0 Å². The van der Waals surface area contributed by atoms with E-state index in [2.05, 4.69) is 19.1 Å². The maximum absolute atomic E-state index is 9.12. The molecule has 3 N–H and O–H groups in total. The molecular weight excluding hydrogens is 214 g/mol. The van der Waals surface area contributed by atoms with Gasteiger partial charge in [0, 0.05) is 6.61 Å². The van der Waals surface area contributed by atoms with Crippen molar-refractivity contribution in [1.29, 1.82) is 0 Å². The van der Waals surface area contributed by atoms with Crippen LogP contribution in [-0.4, -0.2) is 25.4 Å². The molecule has 1 atom stereocenters. The van der Waals surface area contributed by atoms with Crippen molar-refractivity contribution in [3.05, 3.63) is 29.3 Å². The highest BCUT2D eigenvalue weighted by Gasteiger charge is 2.09. The van der Waals surface area contributed by atoms with E-state index < -0.39 is 0 Å². The molecule has 0 amide bonds. The molecule has 0 aliphatic rings. The summed E-state index contributed by atoms with van der Waals surface area (Å²) in [6, 6.07) is 6.29. The molecule has 1 unspecified atom stereocenters. The summed E-state index contributed by atoms with van der Waals surface area (Å²) in [6.07, 6.45) is 2.83. The van der Waals surface area contributed by atoms with Crippen LogP contribution in [0, 0.1) is 5.92 Å². The zero-order valence-corrected chi connectivity index (χ0v) is 10.8. The second-order valence-corrected chi connectivity index (χ2v) is 4.32. The molecule has 0 saturated heterocycles. The molecule has 0 radical (unpaired) electrons. The Kier molecular flexibility index (Phi) is 6.01. The van der Waals surface area contributed by atoms with Crippen molar-refractivity contribution in [2.24, 2.45) is 11.7 Å². The molecule has 96 valence electrons. The summed E-state index contributed by atoms with van der Waals surface area (Å²) < 4.78 is 5.35.